The number of hydrogen-bond acceptors (Lipinski definition) is 1. The van der Waals surface area contributed by atoms with Crippen molar-refractivity contribution in [3.63, 3.8) is 0 Å². The Hall–Kier alpha value is -0.560. The first-order valence-corrected chi connectivity index (χ1v) is 6.62. The van der Waals surface area contributed by atoms with Crippen molar-refractivity contribution >= 4 is 0 Å². The summed E-state index contributed by atoms with van der Waals surface area (Å²) in [6, 6.07) is 0. The third-order valence-corrected chi connectivity index (χ3v) is 3.19. The molecule has 0 spiro atoms. The molecule has 94 valence electrons. The van der Waals surface area contributed by atoms with Crippen LogP contribution in [0, 0.1) is 11.8 Å². The second-order valence-electron chi connectivity index (χ2n) is 4.57. The minimum atomic E-state index is 0.159. The van der Waals surface area contributed by atoms with E-state index in [-0.39, 0.29) is 6.61 Å². The van der Waals surface area contributed by atoms with E-state index in [0.717, 1.165) is 18.8 Å². The first kappa shape index (κ1) is 15.4. The number of aliphatic hydroxyl groups is 1. The summed E-state index contributed by atoms with van der Waals surface area (Å²) in [6.07, 6.45) is 11.2. The minimum Gasteiger partial charge on any atom is -0.392 e. The molecule has 0 saturated carbocycles. The molecule has 0 radical (unpaired) electrons. The van der Waals surface area contributed by atoms with Crippen molar-refractivity contribution < 1.29 is 5.11 Å². The first-order chi connectivity index (χ1) is 7.67. The molecule has 1 heteroatoms. The molecule has 1 nitrogen and oxygen atoms in total. The zero-order valence-corrected chi connectivity index (χ0v) is 11.4. The largest absolute Gasteiger partial charge is 0.392 e. The molecule has 0 rings (SSSR count). The lowest BCUT2D eigenvalue weighted by molar-refractivity contribution is 0.341. The zero-order chi connectivity index (χ0) is 12.4. The van der Waals surface area contributed by atoms with Crippen LogP contribution in [0.25, 0.3) is 0 Å². The standard InChI is InChI=1S/C15H28O/c1-5-14(6-2)11-13(4)12-15(7-3)9-8-10-16/h8-9,11,14-16H,5-7,10,12H2,1-4H3/b9-8+,13-11+/t15-/m0/s1. The molecule has 0 aromatic rings. The van der Waals surface area contributed by atoms with Crippen LogP contribution in [0.1, 0.15) is 53.4 Å². The molecule has 0 aromatic carbocycles. The molecule has 0 bridgehead atoms. The van der Waals surface area contributed by atoms with E-state index >= 15 is 0 Å². The number of hydrogen-bond donors (Lipinski definition) is 1. The van der Waals surface area contributed by atoms with Gasteiger partial charge in [0.2, 0.25) is 0 Å². The molecule has 0 heterocycles. The highest BCUT2D eigenvalue weighted by Crippen LogP contribution is 2.20. The highest BCUT2D eigenvalue weighted by Gasteiger charge is 2.05. The average Bonchev–Trinajstić information content (AvgIpc) is 2.31. The predicted octanol–water partition coefficient (Wildman–Crippen LogP) is 4.33. The quantitative estimate of drug-likeness (QED) is 0.608. The van der Waals surface area contributed by atoms with Crippen LogP contribution in [-0.2, 0) is 0 Å². The second kappa shape index (κ2) is 9.65. The Bertz CT molecular complexity index is 211. The highest BCUT2D eigenvalue weighted by atomic mass is 16.2. The lowest BCUT2D eigenvalue weighted by Crippen LogP contribution is -1.99. The van der Waals surface area contributed by atoms with Gasteiger partial charge in [-0.05, 0) is 44.4 Å². The van der Waals surface area contributed by atoms with Crippen LogP contribution in [0.4, 0.5) is 0 Å². The van der Waals surface area contributed by atoms with Crippen LogP contribution in [0.2, 0.25) is 0 Å². The van der Waals surface area contributed by atoms with Gasteiger partial charge in [-0.25, -0.2) is 0 Å². The fourth-order valence-corrected chi connectivity index (χ4v) is 2.01. The third kappa shape index (κ3) is 6.84. The Labute approximate surface area is 101 Å². The van der Waals surface area contributed by atoms with Gasteiger partial charge in [0.25, 0.3) is 0 Å². The Kier molecular flexibility index (Phi) is 9.31. The van der Waals surface area contributed by atoms with Gasteiger partial charge >= 0.3 is 0 Å². The summed E-state index contributed by atoms with van der Waals surface area (Å²) >= 11 is 0. The molecule has 0 aliphatic heterocycles. The van der Waals surface area contributed by atoms with Crippen LogP contribution >= 0.6 is 0 Å². The van der Waals surface area contributed by atoms with Gasteiger partial charge in [-0.2, -0.15) is 0 Å². The Morgan fingerprint density at radius 3 is 2.06 bits per heavy atom. The fraction of sp³-hybridized carbons (Fsp3) is 0.733. The van der Waals surface area contributed by atoms with Crippen LogP contribution < -0.4 is 0 Å². The molecule has 0 unspecified atom stereocenters. The van der Waals surface area contributed by atoms with E-state index in [4.69, 9.17) is 5.11 Å². The summed E-state index contributed by atoms with van der Waals surface area (Å²) in [5.74, 6) is 1.32. The minimum absolute atomic E-state index is 0.159. The molecule has 0 aliphatic carbocycles. The predicted molar refractivity (Wildman–Crippen MR) is 72.5 cm³/mol. The number of rotatable bonds is 8. The van der Waals surface area contributed by atoms with E-state index in [1.54, 1.807) is 0 Å². The van der Waals surface area contributed by atoms with E-state index in [0.29, 0.717) is 5.92 Å². The third-order valence-electron chi connectivity index (χ3n) is 3.19. The van der Waals surface area contributed by atoms with Gasteiger partial charge in [-0.1, -0.05) is 44.6 Å². The van der Waals surface area contributed by atoms with E-state index in [1.807, 2.05) is 6.08 Å². The maximum absolute atomic E-state index is 8.76. The summed E-state index contributed by atoms with van der Waals surface area (Å²) in [4.78, 5) is 0. The fourth-order valence-electron chi connectivity index (χ4n) is 2.01. The molecular weight excluding hydrogens is 196 g/mol. The average molecular weight is 224 g/mol. The molecule has 1 atom stereocenters. The number of aliphatic hydroxyl groups excluding tert-OH is 1. The number of allylic oxidation sites excluding steroid dienone is 3. The van der Waals surface area contributed by atoms with Gasteiger partial charge in [0.15, 0.2) is 0 Å². The first-order valence-electron chi connectivity index (χ1n) is 6.62. The Balaban J connectivity index is 4.27. The summed E-state index contributed by atoms with van der Waals surface area (Å²) in [5.41, 5.74) is 1.49. The molecule has 0 saturated heterocycles. The van der Waals surface area contributed by atoms with E-state index in [1.165, 1.54) is 18.4 Å². The van der Waals surface area contributed by atoms with Crippen LogP contribution in [0.15, 0.2) is 23.8 Å². The van der Waals surface area contributed by atoms with E-state index < -0.39 is 0 Å². The summed E-state index contributed by atoms with van der Waals surface area (Å²) in [7, 11) is 0. The highest BCUT2D eigenvalue weighted by molar-refractivity contribution is 5.05. The molecular formula is C15H28O. The van der Waals surface area contributed by atoms with Gasteiger partial charge in [0.1, 0.15) is 0 Å². The van der Waals surface area contributed by atoms with Crippen molar-refractivity contribution in [1.82, 2.24) is 0 Å². The lowest BCUT2D eigenvalue weighted by atomic mass is 9.93. The van der Waals surface area contributed by atoms with Crippen LogP contribution in [0.5, 0.6) is 0 Å². The lowest BCUT2D eigenvalue weighted by Gasteiger charge is -2.13. The van der Waals surface area contributed by atoms with Gasteiger partial charge < -0.3 is 5.11 Å². The van der Waals surface area contributed by atoms with Crippen LogP contribution in [0.3, 0.4) is 0 Å². The van der Waals surface area contributed by atoms with Gasteiger partial charge in [0.05, 0.1) is 6.61 Å². The van der Waals surface area contributed by atoms with Crippen molar-refractivity contribution in [2.45, 2.75) is 53.4 Å². The summed E-state index contributed by atoms with van der Waals surface area (Å²) < 4.78 is 0. The van der Waals surface area contributed by atoms with Gasteiger partial charge in [0, 0.05) is 0 Å². The second-order valence-corrected chi connectivity index (χ2v) is 4.57. The SMILES string of the molecule is CCC(/C=C(\C)C[C@H](/C=C/CO)CC)CC. The van der Waals surface area contributed by atoms with E-state index in [9.17, 15) is 0 Å². The van der Waals surface area contributed by atoms with Crippen LogP contribution in [-0.4, -0.2) is 11.7 Å². The van der Waals surface area contributed by atoms with Crippen molar-refractivity contribution in [2.75, 3.05) is 6.61 Å². The Morgan fingerprint density at radius 1 is 1.06 bits per heavy atom. The van der Waals surface area contributed by atoms with Crippen molar-refractivity contribution in [3.8, 4) is 0 Å². The van der Waals surface area contributed by atoms with E-state index in [2.05, 4.69) is 39.8 Å². The molecule has 16 heavy (non-hydrogen) atoms. The monoisotopic (exact) mass is 224 g/mol. The maximum Gasteiger partial charge on any atom is 0.0612 e. The summed E-state index contributed by atoms with van der Waals surface area (Å²) in [6.45, 7) is 9.10. The van der Waals surface area contributed by atoms with Crippen molar-refractivity contribution in [3.05, 3.63) is 23.8 Å². The molecule has 0 aromatic heterocycles. The topological polar surface area (TPSA) is 20.2 Å². The summed E-state index contributed by atoms with van der Waals surface area (Å²) in [5, 5.41) is 8.76. The zero-order valence-electron chi connectivity index (χ0n) is 11.4. The van der Waals surface area contributed by atoms with Crippen molar-refractivity contribution in [2.24, 2.45) is 11.8 Å². The molecule has 1 N–H and O–H groups in total. The Morgan fingerprint density at radius 2 is 1.62 bits per heavy atom. The normalized spacial score (nSPS) is 15.0. The molecule has 0 fully saturated rings. The molecule has 0 aliphatic rings. The van der Waals surface area contributed by atoms with Gasteiger partial charge in [-0.3, -0.25) is 0 Å². The maximum atomic E-state index is 8.76. The van der Waals surface area contributed by atoms with Crippen molar-refractivity contribution in [1.29, 1.82) is 0 Å². The molecule has 0 amide bonds. The smallest absolute Gasteiger partial charge is 0.0612 e. The van der Waals surface area contributed by atoms with Gasteiger partial charge in [-0.15, -0.1) is 0 Å².